The van der Waals surface area contributed by atoms with Crippen LogP contribution in [0.25, 0.3) is 11.0 Å². The Kier molecular flexibility index (Phi) is 8.92. The van der Waals surface area contributed by atoms with E-state index in [0.29, 0.717) is 43.8 Å². The Hall–Kier alpha value is -2.63. The van der Waals surface area contributed by atoms with E-state index in [-0.39, 0.29) is 12.0 Å². The van der Waals surface area contributed by atoms with Gasteiger partial charge in [-0.05, 0) is 52.5 Å². The van der Waals surface area contributed by atoms with Crippen molar-refractivity contribution in [1.82, 2.24) is 29.2 Å². The third kappa shape index (κ3) is 7.95. The summed E-state index contributed by atoms with van der Waals surface area (Å²) in [6, 6.07) is 1.09. The Morgan fingerprint density at radius 3 is 2.67 bits per heavy atom. The summed E-state index contributed by atoms with van der Waals surface area (Å²) in [4.78, 5) is 24.1. The van der Waals surface area contributed by atoms with E-state index >= 15 is 0 Å². The number of aryl methyl sites for hydroxylation is 1. The molecular weight excluding hydrogens is 534 g/mol. The quantitative estimate of drug-likeness (QED) is 0.228. The Labute approximate surface area is 237 Å². The summed E-state index contributed by atoms with van der Waals surface area (Å²) in [5.41, 5.74) is 1.88. The first-order valence-corrected chi connectivity index (χ1v) is 17.8. The Morgan fingerprint density at radius 2 is 2.00 bits per heavy atom. The first-order chi connectivity index (χ1) is 18.3. The molecular formula is C27H42ClN7O3Si. The van der Waals surface area contributed by atoms with E-state index in [4.69, 9.17) is 31.0 Å². The first kappa shape index (κ1) is 29.4. The summed E-state index contributed by atoms with van der Waals surface area (Å²) in [7, 11) is -1.20. The molecule has 0 bridgehead atoms. The van der Waals surface area contributed by atoms with Crippen LogP contribution in [0.3, 0.4) is 0 Å². The molecule has 39 heavy (non-hydrogen) atoms. The Balaban J connectivity index is 1.58. The molecule has 1 aliphatic heterocycles. The van der Waals surface area contributed by atoms with Crippen LogP contribution in [0.4, 0.5) is 16.4 Å². The summed E-state index contributed by atoms with van der Waals surface area (Å²) in [5, 5.41) is 9.09. The van der Waals surface area contributed by atoms with Gasteiger partial charge in [0.05, 0.1) is 28.0 Å². The second kappa shape index (κ2) is 11.9. The number of anilines is 2. The first-order valence-electron chi connectivity index (χ1n) is 13.7. The van der Waals surface area contributed by atoms with Crippen molar-refractivity contribution >= 4 is 48.4 Å². The van der Waals surface area contributed by atoms with Crippen molar-refractivity contribution in [2.45, 2.75) is 85.1 Å². The van der Waals surface area contributed by atoms with E-state index in [1.165, 1.54) is 0 Å². The second-order valence-corrected chi connectivity index (χ2v) is 18.5. The molecule has 4 heterocycles. The van der Waals surface area contributed by atoms with E-state index < -0.39 is 13.7 Å². The van der Waals surface area contributed by atoms with Crippen LogP contribution in [0.1, 0.15) is 39.8 Å². The average Bonchev–Trinajstić information content (AvgIpc) is 3.55. The largest absolute Gasteiger partial charge is 0.444 e. The number of amides is 1. The lowest BCUT2D eigenvalue weighted by Crippen LogP contribution is -2.35. The fourth-order valence-electron chi connectivity index (χ4n) is 4.55. The zero-order chi connectivity index (χ0) is 28.4. The van der Waals surface area contributed by atoms with E-state index in [2.05, 4.69) is 30.1 Å². The molecule has 3 aromatic heterocycles. The molecule has 0 saturated carbocycles. The van der Waals surface area contributed by atoms with Crippen LogP contribution in [-0.4, -0.2) is 68.7 Å². The van der Waals surface area contributed by atoms with Gasteiger partial charge in [-0.3, -0.25) is 4.68 Å². The minimum absolute atomic E-state index is 0.235. The summed E-state index contributed by atoms with van der Waals surface area (Å²) >= 11 is 6.77. The van der Waals surface area contributed by atoms with Gasteiger partial charge in [-0.2, -0.15) is 10.1 Å². The molecule has 1 amide bonds. The van der Waals surface area contributed by atoms with E-state index in [0.717, 1.165) is 41.4 Å². The number of nitrogens with one attached hydrogen (secondary N) is 1. The standard InChI is InChI=1S/C27H42ClN7O3Si/c1-8-35-16-20(14-29-35)30-25-31-22(13-19-9-10-33(15-19)26(36)38-27(2,3)4)23-21(28)17-34(24(23)32-25)18-37-11-12-39(5,6)7/h14,16-17,19H,8-13,15,18H2,1-7H3,(H,30,31,32)/t19-/m0/s1. The lowest BCUT2D eigenvalue weighted by atomic mass is 10.0. The molecule has 10 nitrogen and oxygen atoms in total. The monoisotopic (exact) mass is 575 g/mol. The minimum Gasteiger partial charge on any atom is -0.444 e. The minimum atomic E-state index is -1.20. The van der Waals surface area contributed by atoms with Gasteiger partial charge >= 0.3 is 6.09 Å². The molecule has 0 aliphatic carbocycles. The van der Waals surface area contributed by atoms with Gasteiger partial charge in [-0.1, -0.05) is 31.2 Å². The van der Waals surface area contributed by atoms with Crippen LogP contribution in [0.2, 0.25) is 30.7 Å². The zero-order valence-electron chi connectivity index (χ0n) is 24.3. The van der Waals surface area contributed by atoms with Crippen molar-refractivity contribution in [3.8, 4) is 0 Å². The van der Waals surface area contributed by atoms with Crippen LogP contribution in [0.5, 0.6) is 0 Å². The smallest absolute Gasteiger partial charge is 0.410 e. The maximum atomic E-state index is 12.6. The normalized spacial score (nSPS) is 16.3. The number of aromatic nitrogens is 5. The van der Waals surface area contributed by atoms with Gasteiger partial charge in [0.2, 0.25) is 5.95 Å². The average molecular weight is 576 g/mol. The Bertz CT molecular complexity index is 1300. The molecule has 1 atom stereocenters. The summed E-state index contributed by atoms with van der Waals surface area (Å²) in [5.74, 6) is 0.715. The molecule has 4 rings (SSSR count). The van der Waals surface area contributed by atoms with Gasteiger partial charge in [0.25, 0.3) is 0 Å². The van der Waals surface area contributed by atoms with Gasteiger partial charge in [0.1, 0.15) is 18.0 Å². The zero-order valence-corrected chi connectivity index (χ0v) is 26.0. The van der Waals surface area contributed by atoms with Crippen molar-refractivity contribution in [3.05, 3.63) is 29.3 Å². The number of rotatable bonds is 10. The molecule has 1 N–H and O–H groups in total. The lowest BCUT2D eigenvalue weighted by Gasteiger charge is -2.24. The molecule has 3 aromatic rings. The number of fused-ring (bicyclic) bond motifs is 1. The van der Waals surface area contributed by atoms with E-state index in [1.807, 2.05) is 49.3 Å². The third-order valence-corrected chi connectivity index (χ3v) is 8.60. The second-order valence-electron chi connectivity index (χ2n) is 12.5. The summed E-state index contributed by atoms with van der Waals surface area (Å²) in [6.45, 7) is 17.8. The molecule has 1 fully saturated rings. The number of nitrogens with zero attached hydrogens (tertiary/aromatic N) is 6. The highest BCUT2D eigenvalue weighted by atomic mass is 35.5. The molecule has 12 heteroatoms. The molecule has 1 aliphatic rings. The van der Waals surface area contributed by atoms with Gasteiger partial charge < -0.3 is 24.3 Å². The number of carbonyl (C=O) groups excluding carboxylic acids is 1. The molecule has 0 spiro atoms. The van der Waals surface area contributed by atoms with Crippen molar-refractivity contribution < 1.29 is 14.3 Å². The lowest BCUT2D eigenvalue weighted by molar-refractivity contribution is 0.0288. The highest BCUT2D eigenvalue weighted by Gasteiger charge is 2.31. The van der Waals surface area contributed by atoms with Crippen LogP contribution in [-0.2, 0) is 29.2 Å². The van der Waals surface area contributed by atoms with Crippen molar-refractivity contribution in [2.24, 2.45) is 5.92 Å². The molecule has 214 valence electrons. The van der Waals surface area contributed by atoms with Crippen molar-refractivity contribution in [1.29, 1.82) is 0 Å². The van der Waals surface area contributed by atoms with Crippen LogP contribution in [0, 0.1) is 5.92 Å². The van der Waals surface area contributed by atoms with Crippen molar-refractivity contribution in [2.75, 3.05) is 25.0 Å². The maximum absolute atomic E-state index is 12.6. The van der Waals surface area contributed by atoms with E-state index in [9.17, 15) is 4.79 Å². The Morgan fingerprint density at radius 1 is 1.23 bits per heavy atom. The molecule has 1 saturated heterocycles. The van der Waals surface area contributed by atoms with Gasteiger partial charge in [0.15, 0.2) is 0 Å². The third-order valence-electron chi connectivity index (χ3n) is 6.60. The molecule has 0 aromatic carbocycles. The number of carbonyl (C=O) groups is 1. The molecule has 0 unspecified atom stereocenters. The maximum Gasteiger partial charge on any atom is 0.410 e. The highest BCUT2D eigenvalue weighted by Crippen LogP contribution is 2.32. The van der Waals surface area contributed by atoms with Crippen LogP contribution >= 0.6 is 11.6 Å². The molecule has 0 radical (unpaired) electrons. The summed E-state index contributed by atoms with van der Waals surface area (Å²) in [6.07, 6.45) is 6.83. The van der Waals surface area contributed by atoms with Gasteiger partial charge in [-0.25, -0.2) is 9.78 Å². The fourth-order valence-corrected chi connectivity index (χ4v) is 5.62. The number of hydrogen-bond acceptors (Lipinski definition) is 7. The number of halogens is 1. The summed E-state index contributed by atoms with van der Waals surface area (Å²) < 4.78 is 15.4. The predicted molar refractivity (Wildman–Crippen MR) is 157 cm³/mol. The number of likely N-dealkylation sites (tertiary alicyclic amines) is 1. The predicted octanol–water partition coefficient (Wildman–Crippen LogP) is 6.16. The number of ether oxygens (including phenoxy) is 2. The van der Waals surface area contributed by atoms with Gasteiger partial charge in [0, 0.05) is 46.7 Å². The van der Waals surface area contributed by atoms with Gasteiger partial charge in [-0.15, -0.1) is 0 Å². The topological polar surface area (TPSA) is 99.3 Å². The SMILES string of the molecule is CCn1cc(Nc2nc(C[C@@H]3CCN(C(=O)OC(C)(C)C)C3)c3c(Cl)cn(COCC[Si](C)(C)C)c3n2)cn1. The van der Waals surface area contributed by atoms with E-state index in [1.54, 1.807) is 11.1 Å². The van der Waals surface area contributed by atoms with Crippen LogP contribution < -0.4 is 5.32 Å². The fraction of sp³-hybridized carbons (Fsp3) is 0.630. The number of hydrogen-bond donors (Lipinski definition) is 1. The highest BCUT2D eigenvalue weighted by molar-refractivity contribution is 6.76. The van der Waals surface area contributed by atoms with Crippen molar-refractivity contribution in [3.63, 3.8) is 0 Å². The van der Waals surface area contributed by atoms with Crippen LogP contribution in [0.15, 0.2) is 18.6 Å².